The molecule has 0 saturated heterocycles. The van der Waals surface area contributed by atoms with Crippen LogP contribution >= 0.6 is 11.8 Å². The largest absolute Gasteiger partial charge is 0.462 e. The second-order valence-corrected chi connectivity index (χ2v) is 7.73. The molecule has 3 rings (SSSR count). The lowest BCUT2D eigenvalue weighted by Crippen LogP contribution is -2.24. The Bertz CT molecular complexity index is 990. The molecule has 0 unspecified atom stereocenters. The number of tetrazole rings is 1. The first-order chi connectivity index (χ1) is 12.7. The number of anilines is 1. The van der Waals surface area contributed by atoms with E-state index in [2.05, 4.69) is 25.5 Å². The Morgan fingerprint density at radius 2 is 2.07 bits per heavy atom. The standard InChI is InChI=1S/C16H21N7O3S/c1-6-25-14(24)10-8(2)26-13-11(10)12(17)18-9(19-13)7-27-15-20-21-22-23(15)16(3,4)5/h6-7H2,1-5H3,(H2,17,18,19). The minimum Gasteiger partial charge on any atom is -0.462 e. The van der Waals surface area contributed by atoms with Crippen LogP contribution in [0.2, 0.25) is 0 Å². The second-order valence-electron chi connectivity index (χ2n) is 6.79. The highest BCUT2D eigenvalue weighted by atomic mass is 32.2. The summed E-state index contributed by atoms with van der Waals surface area (Å²) in [7, 11) is 0. The number of ether oxygens (including phenoxy) is 1. The van der Waals surface area contributed by atoms with Crippen molar-refractivity contribution in [2.45, 2.75) is 51.1 Å². The molecule has 10 nitrogen and oxygen atoms in total. The van der Waals surface area contributed by atoms with Crippen LogP contribution in [-0.2, 0) is 16.0 Å². The van der Waals surface area contributed by atoms with Gasteiger partial charge in [0.2, 0.25) is 10.9 Å². The average Bonchev–Trinajstić information content (AvgIpc) is 3.16. The number of thioether (sulfide) groups is 1. The first-order valence-corrected chi connectivity index (χ1v) is 9.35. The lowest BCUT2D eigenvalue weighted by Gasteiger charge is -2.19. The monoisotopic (exact) mass is 391 g/mol. The van der Waals surface area contributed by atoms with Gasteiger partial charge < -0.3 is 14.9 Å². The van der Waals surface area contributed by atoms with Crippen molar-refractivity contribution in [3.05, 3.63) is 17.1 Å². The Labute approximate surface area is 159 Å². The first-order valence-electron chi connectivity index (χ1n) is 8.36. The van der Waals surface area contributed by atoms with Gasteiger partial charge in [-0.1, -0.05) is 11.8 Å². The molecule has 0 aromatic carbocycles. The predicted molar refractivity (Wildman–Crippen MR) is 99.3 cm³/mol. The van der Waals surface area contributed by atoms with Crippen LogP contribution in [0.5, 0.6) is 0 Å². The van der Waals surface area contributed by atoms with Crippen molar-refractivity contribution in [3.8, 4) is 0 Å². The summed E-state index contributed by atoms with van der Waals surface area (Å²) in [5, 5.41) is 12.8. The Hall–Kier alpha value is -2.69. The van der Waals surface area contributed by atoms with Gasteiger partial charge in [-0.2, -0.15) is 4.98 Å². The van der Waals surface area contributed by atoms with Gasteiger partial charge in [0.1, 0.15) is 23.0 Å². The minimum absolute atomic E-state index is 0.172. The molecular weight excluding hydrogens is 370 g/mol. The van der Waals surface area contributed by atoms with Crippen LogP contribution in [0, 0.1) is 6.92 Å². The van der Waals surface area contributed by atoms with Gasteiger partial charge in [-0.3, -0.25) is 0 Å². The van der Waals surface area contributed by atoms with Crippen LogP contribution in [0.4, 0.5) is 5.82 Å². The highest BCUT2D eigenvalue weighted by Crippen LogP contribution is 2.30. The van der Waals surface area contributed by atoms with E-state index < -0.39 is 5.97 Å². The summed E-state index contributed by atoms with van der Waals surface area (Å²) in [5.74, 6) is 0.912. The van der Waals surface area contributed by atoms with Crippen LogP contribution in [0.3, 0.4) is 0 Å². The van der Waals surface area contributed by atoms with Crippen LogP contribution in [0.1, 0.15) is 49.6 Å². The third kappa shape index (κ3) is 3.72. The molecule has 27 heavy (non-hydrogen) atoms. The molecule has 144 valence electrons. The zero-order valence-electron chi connectivity index (χ0n) is 15.8. The van der Waals surface area contributed by atoms with Crippen molar-refractivity contribution in [1.29, 1.82) is 0 Å². The molecule has 3 aromatic rings. The van der Waals surface area contributed by atoms with Gasteiger partial charge in [-0.05, 0) is 45.0 Å². The summed E-state index contributed by atoms with van der Waals surface area (Å²) in [4.78, 5) is 20.9. The zero-order valence-corrected chi connectivity index (χ0v) is 16.6. The van der Waals surface area contributed by atoms with Crippen molar-refractivity contribution in [2.75, 3.05) is 12.3 Å². The third-order valence-corrected chi connectivity index (χ3v) is 4.60. The highest BCUT2D eigenvalue weighted by molar-refractivity contribution is 7.98. The molecule has 0 aliphatic carbocycles. The maximum atomic E-state index is 12.2. The Kier molecular flexibility index (Phi) is 5.05. The SMILES string of the molecule is CCOC(=O)c1c(C)oc2nc(CSc3nnnn3C(C)(C)C)nc(N)c12. The summed E-state index contributed by atoms with van der Waals surface area (Å²) in [6.07, 6.45) is 0. The Morgan fingerprint density at radius 3 is 2.74 bits per heavy atom. The number of hydrogen-bond donors (Lipinski definition) is 1. The maximum absolute atomic E-state index is 12.2. The van der Waals surface area contributed by atoms with Crippen molar-refractivity contribution >= 4 is 34.6 Å². The van der Waals surface area contributed by atoms with E-state index in [-0.39, 0.29) is 29.2 Å². The molecule has 0 atom stereocenters. The van der Waals surface area contributed by atoms with E-state index >= 15 is 0 Å². The normalized spacial score (nSPS) is 11.9. The molecule has 2 N–H and O–H groups in total. The number of fused-ring (bicyclic) bond motifs is 1. The molecule has 0 amide bonds. The fourth-order valence-electron chi connectivity index (χ4n) is 2.52. The number of nitrogens with zero attached hydrogens (tertiary/aromatic N) is 6. The van der Waals surface area contributed by atoms with Gasteiger partial charge in [0.25, 0.3) is 0 Å². The molecule has 11 heteroatoms. The van der Waals surface area contributed by atoms with E-state index in [0.29, 0.717) is 27.9 Å². The Morgan fingerprint density at radius 1 is 1.33 bits per heavy atom. The van der Waals surface area contributed by atoms with Gasteiger partial charge in [-0.25, -0.2) is 14.5 Å². The van der Waals surface area contributed by atoms with Crippen LogP contribution in [0.25, 0.3) is 11.1 Å². The van der Waals surface area contributed by atoms with E-state index in [9.17, 15) is 4.79 Å². The summed E-state index contributed by atoms with van der Waals surface area (Å²) in [6.45, 7) is 9.68. The summed E-state index contributed by atoms with van der Waals surface area (Å²) in [6, 6.07) is 0. The van der Waals surface area contributed by atoms with Gasteiger partial charge in [-0.15, -0.1) is 5.10 Å². The molecule has 0 radical (unpaired) electrons. The highest BCUT2D eigenvalue weighted by Gasteiger charge is 2.24. The molecule has 3 heterocycles. The van der Waals surface area contributed by atoms with E-state index in [1.54, 1.807) is 18.5 Å². The van der Waals surface area contributed by atoms with Gasteiger partial charge in [0.15, 0.2) is 0 Å². The van der Waals surface area contributed by atoms with Crippen molar-refractivity contribution in [1.82, 2.24) is 30.2 Å². The maximum Gasteiger partial charge on any atom is 0.342 e. The number of nitrogen functional groups attached to an aromatic ring is 1. The Balaban J connectivity index is 1.90. The number of carbonyl (C=O) groups is 1. The number of hydrogen-bond acceptors (Lipinski definition) is 10. The molecular formula is C16H21N7O3S. The topological polar surface area (TPSA) is 135 Å². The number of esters is 1. The van der Waals surface area contributed by atoms with Gasteiger partial charge in [0.05, 0.1) is 23.3 Å². The number of aromatic nitrogens is 6. The van der Waals surface area contributed by atoms with Crippen LogP contribution < -0.4 is 5.73 Å². The summed E-state index contributed by atoms with van der Waals surface area (Å²) < 4.78 is 12.4. The molecule has 3 aromatic heterocycles. The number of furan rings is 1. The van der Waals surface area contributed by atoms with E-state index in [4.69, 9.17) is 14.9 Å². The summed E-state index contributed by atoms with van der Waals surface area (Å²) in [5.41, 5.74) is 6.35. The lowest BCUT2D eigenvalue weighted by atomic mass is 10.1. The van der Waals surface area contributed by atoms with Crippen LogP contribution in [-0.4, -0.2) is 42.8 Å². The van der Waals surface area contributed by atoms with Gasteiger partial charge >= 0.3 is 5.97 Å². The number of nitrogens with two attached hydrogens (primary N) is 1. The third-order valence-electron chi connectivity index (χ3n) is 3.69. The molecule has 0 aliphatic rings. The smallest absolute Gasteiger partial charge is 0.342 e. The van der Waals surface area contributed by atoms with Crippen molar-refractivity contribution in [2.24, 2.45) is 0 Å². The number of carbonyl (C=O) groups excluding carboxylic acids is 1. The minimum atomic E-state index is -0.504. The van der Waals surface area contributed by atoms with Crippen molar-refractivity contribution < 1.29 is 13.9 Å². The predicted octanol–water partition coefficient (Wildman–Crippen LogP) is 2.32. The van der Waals surface area contributed by atoms with E-state index in [0.717, 1.165) is 0 Å². The molecule has 0 spiro atoms. The average molecular weight is 391 g/mol. The quantitative estimate of drug-likeness (QED) is 0.510. The van der Waals surface area contributed by atoms with Gasteiger partial charge in [0, 0.05) is 0 Å². The first kappa shape index (κ1) is 19.1. The molecule has 0 fully saturated rings. The number of rotatable bonds is 5. The molecule has 0 saturated carbocycles. The lowest BCUT2D eigenvalue weighted by molar-refractivity contribution is 0.0526. The number of aryl methyl sites for hydroxylation is 1. The fraction of sp³-hybridized carbons (Fsp3) is 0.500. The fourth-order valence-corrected chi connectivity index (χ4v) is 3.43. The van der Waals surface area contributed by atoms with E-state index in [1.807, 2.05) is 20.8 Å². The zero-order chi connectivity index (χ0) is 19.8. The molecule has 0 bridgehead atoms. The summed E-state index contributed by atoms with van der Waals surface area (Å²) >= 11 is 1.39. The van der Waals surface area contributed by atoms with Crippen molar-refractivity contribution in [3.63, 3.8) is 0 Å². The second kappa shape index (κ2) is 7.14. The van der Waals surface area contributed by atoms with Crippen LogP contribution in [0.15, 0.2) is 9.57 Å². The van der Waals surface area contributed by atoms with E-state index in [1.165, 1.54) is 11.8 Å². The molecule has 0 aliphatic heterocycles.